The van der Waals surface area contributed by atoms with Gasteiger partial charge in [0, 0.05) is 24.2 Å². The molecule has 1 fully saturated rings. The topological polar surface area (TPSA) is 69.2 Å². The summed E-state index contributed by atoms with van der Waals surface area (Å²) in [4.78, 5) is 14.3. The number of aromatic nitrogens is 2. The van der Waals surface area contributed by atoms with Gasteiger partial charge in [-0.25, -0.2) is 0 Å². The van der Waals surface area contributed by atoms with Gasteiger partial charge in [0.05, 0.1) is 23.1 Å². The third-order valence-corrected chi connectivity index (χ3v) is 4.63. The molecule has 0 saturated heterocycles. The lowest BCUT2D eigenvalue weighted by atomic mass is 10.0. The molecular weight excluding hydrogens is 314 g/mol. The summed E-state index contributed by atoms with van der Waals surface area (Å²) >= 11 is 6.03. The van der Waals surface area contributed by atoms with Crippen molar-refractivity contribution >= 4 is 17.5 Å². The van der Waals surface area contributed by atoms with Crippen molar-refractivity contribution < 1.29 is 9.90 Å². The molecule has 122 valence electrons. The lowest BCUT2D eigenvalue weighted by Crippen LogP contribution is -2.42. The summed E-state index contributed by atoms with van der Waals surface area (Å²) in [6, 6.07) is 7.28. The number of aromatic amines is 1. The number of likely N-dealkylation sites (N-methyl/N-ethyl adjacent to an activating group) is 1. The molecule has 6 heteroatoms. The van der Waals surface area contributed by atoms with Gasteiger partial charge in [0.25, 0.3) is 5.91 Å². The third-order valence-electron chi connectivity index (χ3n) is 4.40. The lowest BCUT2D eigenvalue weighted by molar-refractivity contribution is 0.0157. The van der Waals surface area contributed by atoms with Crippen LogP contribution in [0.4, 0.5) is 0 Å². The first kappa shape index (κ1) is 16.0. The van der Waals surface area contributed by atoms with E-state index in [1.165, 1.54) is 6.20 Å². The van der Waals surface area contributed by atoms with Gasteiger partial charge in [0.1, 0.15) is 0 Å². The van der Waals surface area contributed by atoms with Crippen LogP contribution in [0.2, 0.25) is 5.02 Å². The Morgan fingerprint density at radius 3 is 2.87 bits per heavy atom. The number of aliphatic hydroxyl groups is 1. The van der Waals surface area contributed by atoms with Crippen LogP contribution >= 0.6 is 11.6 Å². The Balaban J connectivity index is 1.82. The van der Waals surface area contributed by atoms with Crippen LogP contribution in [-0.4, -0.2) is 45.3 Å². The molecule has 0 aliphatic heterocycles. The predicted octanol–water partition coefficient (Wildman–Crippen LogP) is 3.11. The van der Waals surface area contributed by atoms with E-state index < -0.39 is 5.60 Å². The molecule has 5 nitrogen and oxygen atoms in total. The normalized spacial score (nSPS) is 16.5. The summed E-state index contributed by atoms with van der Waals surface area (Å²) in [5, 5.41) is 18.0. The minimum Gasteiger partial charge on any atom is -0.388 e. The molecule has 1 aliphatic rings. The Morgan fingerprint density at radius 2 is 2.17 bits per heavy atom. The Morgan fingerprint density at radius 1 is 1.43 bits per heavy atom. The van der Waals surface area contributed by atoms with Crippen molar-refractivity contribution in [3.8, 4) is 11.3 Å². The van der Waals surface area contributed by atoms with Gasteiger partial charge in [0.15, 0.2) is 0 Å². The second-order valence-electron chi connectivity index (χ2n) is 6.26. The van der Waals surface area contributed by atoms with Crippen LogP contribution in [0.3, 0.4) is 0 Å². The maximum absolute atomic E-state index is 12.7. The smallest absolute Gasteiger partial charge is 0.257 e. The standard InChI is InChI=1S/C17H20ClN3O2/c1-21(11-17(23)7-2-3-8-17)16(22)14-10-19-20-15(14)12-5-4-6-13(18)9-12/h4-6,9-10,23H,2-3,7-8,11H2,1H3,(H,19,20). The number of benzene rings is 1. The van der Waals surface area contributed by atoms with E-state index >= 15 is 0 Å². The van der Waals surface area contributed by atoms with Crippen molar-refractivity contribution in [2.75, 3.05) is 13.6 Å². The molecule has 2 aromatic rings. The van der Waals surface area contributed by atoms with Crippen molar-refractivity contribution in [3.05, 3.63) is 41.0 Å². The molecule has 1 aliphatic carbocycles. The molecule has 1 heterocycles. The molecule has 23 heavy (non-hydrogen) atoms. The van der Waals surface area contributed by atoms with Gasteiger partial charge in [-0.1, -0.05) is 36.6 Å². The molecule has 1 aromatic heterocycles. The van der Waals surface area contributed by atoms with Crippen LogP contribution in [0.1, 0.15) is 36.0 Å². The van der Waals surface area contributed by atoms with Crippen molar-refractivity contribution in [1.29, 1.82) is 0 Å². The van der Waals surface area contributed by atoms with Crippen LogP contribution in [0.5, 0.6) is 0 Å². The fourth-order valence-corrected chi connectivity index (χ4v) is 3.41. The van der Waals surface area contributed by atoms with Crippen molar-refractivity contribution in [3.63, 3.8) is 0 Å². The highest BCUT2D eigenvalue weighted by Crippen LogP contribution is 2.31. The lowest BCUT2D eigenvalue weighted by Gasteiger charge is -2.28. The van der Waals surface area contributed by atoms with Gasteiger partial charge in [-0.15, -0.1) is 0 Å². The van der Waals surface area contributed by atoms with Crippen LogP contribution in [0.25, 0.3) is 11.3 Å². The third kappa shape index (κ3) is 3.41. The van der Waals surface area contributed by atoms with Crippen molar-refractivity contribution in [1.82, 2.24) is 15.1 Å². The first-order valence-electron chi connectivity index (χ1n) is 7.76. The number of nitrogens with one attached hydrogen (secondary N) is 1. The number of carbonyl (C=O) groups excluding carboxylic acids is 1. The SMILES string of the molecule is CN(CC1(O)CCCC1)C(=O)c1cn[nH]c1-c1cccc(Cl)c1. The van der Waals surface area contributed by atoms with E-state index in [1.807, 2.05) is 12.1 Å². The number of hydrogen-bond acceptors (Lipinski definition) is 3. The summed E-state index contributed by atoms with van der Waals surface area (Å²) in [7, 11) is 1.72. The molecule has 1 saturated carbocycles. The van der Waals surface area contributed by atoms with Gasteiger partial charge >= 0.3 is 0 Å². The number of amides is 1. The van der Waals surface area contributed by atoms with Gasteiger partial charge < -0.3 is 10.0 Å². The van der Waals surface area contributed by atoms with E-state index in [-0.39, 0.29) is 5.91 Å². The van der Waals surface area contributed by atoms with E-state index in [1.54, 1.807) is 24.1 Å². The number of nitrogens with zero attached hydrogens (tertiary/aromatic N) is 2. The van der Waals surface area contributed by atoms with Crippen molar-refractivity contribution in [2.24, 2.45) is 0 Å². The summed E-state index contributed by atoms with van der Waals surface area (Å²) in [6.45, 7) is 0.339. The van der Waals surface area contributed by atoms with E-state index in [0.717, 1.165) is 31.2 Å². The van der Waals surface area contributed by atoms with Crippen LogP contribution in [0, 0.1) is 0 Å². The number of rotatable bonds is 4. The summed E-state index contributed by atoms with van der Waals surface area (Å²) in [6.07, 6.45) is 5.04. The largest absolute Gasteiger partial charge is 0.388 e. The fraction of sp³-hybridized carbons (Fsp3) is 0.412. The molecule has 0 bridgehead atoms. The summed E-state index contributed by atoms with van der Waals surface area (Å²) < 4.78 is 0. The van der Waals surface area contributed by atoms with E-state index in [2.05, 4.69) is 10.2 Å². The Hall–Kier alpha value is -1.85. The molecule has 0 spiro atoms. The molecule has 0 atom stereocenters. The molecule has 0 radical (unpaired) electrons. The summed E-state index contributed by atoms with van der Waals surface area (Å²) in [5.41, 5.74) is 1.18. The van der Waals surface area contributed by atoms with Gasteiger partial charge in [-0.3, -0.25) is 9.89 Å². The molecule has 1 aromatic carbocycles. The fourth-order valence-electron chi connectivity index (χ4n) is 3.22. The van der Waals surface area contributed by atoms with Gasteiger partial charge in [-0.05, 0) is 25.0 Å². The maximum atomic E-state index is 12.7. The van der Waals surface area contributed by atoms with Gasteiger partial charge in [-0.2, -0.15) is 5.10 Å². The number of H-pyrrole nitrogens is 1. The van der Waals surface area contributed by atoms with Crippen LogP contribution < -0.4 is 0 Å². The Labute approximate surface area is 140 Å². The van der Waals surface area contributed by atoms with Crippen LogP contribution in [-0.2, 0) is 0 Å². The molecular formula is C17H20ClN3O2. The maximum Gasteiger partial charge on any atom is 0.257 e. The number of halogens is 1. The van der Waals surface area contributed by atoms with E-state index in [0.29, 0.717) is 22.8 Å². The van der Waals surface area contributed by atoms with Crippen molar-refractivity contribution in [2.45, 2.75) is 31.3 Å². The highest BCUT2D eigenvalue weighted by molar-refractivity contribution is 6.30. The highest BCUT2D eigenvalue weighted by atomic mass is 35.5. The summed E-state index contributed by atoms with van der Waals surface area (Å²) in [5.74, 6) is -0.158. The van der Waals surface area contributed by atoms with E-state index in [4.69, 9.17) is 11.6 Å². The zero-order valence-electron chi connectivity index (χ0n) is 13.1. The quantitative estimate of drug-likeness (QED) is 0.903. The molecule has 2 N–H and O–H groups in total. The zero-order chi connectivity index (χ0) is 16.4. The van der Waals surface area contributed by atoms with Crippen LogP contribution in [0.15, 0.2) is 30.5 Å². The Bertz CT molecular complexity index is 707. The second kappa shape index (κ2) is 6.34. The predicted molar refractivity (Wildman–Crippen MR) is 89.4 cm³/mol. The molecule has 0 unspecified atom stereocenters. The number of carbonyl (C=O) groups is 1. The van der Waals surface area contributed by atoms with Gasteiger partial charge in [0.2, 0.25) is 0 Å². The first-order valence-corrected chi connectivity index (χ1v) is 8.13. The monoisotopic (exact) mass is 333 g/mol. The number of hydrogen-bond donors (Lipinski definition) is 2. The van der Waals surface area contributed by atoms with E-state index in [9.17, 15) is 9.90 Å². The Kier molecular flexibility index (Phi) is 4.41. The molecule has 1 amide bonds. The minimum absolute atomic E-state index is 0.158. The first-order chi connectivity index (χ1) is 11.0. The zero-order valence-corrected chi connectivity index (χ0v) is 13.8. The minimum atomic E-state index is -0.760. The molecule has 3 rings (SSSR count). The average Bonchev–Trinajstić information content (AvgIpc) is 3.15. The highest BCUT2D eigenvalue weighted by Gasteiger charge is 2.34. The average molecular weight is 334 g/mol. The second-order valence-corrected chi connectivity index (χ2v) is 6.70.